The largest absolute Gasteiger partial charge is 0.494 e. The minimum atomic E-state index is -0.423. The highest BCUT2D eigenvalue weighted by molar-refractivity contribution is 5.81. The van der Waals surface area contributed by atoms with E-state index in [0.717, 1.165) is 11.3 Å². The SMILES string of the molecule is CCOc1ccc(CC(=O)OCC(=O)NC(C)C)cc1. The third-order valence-electron chi connectivity index (χ3n) is 2.40. The van der Waals surface area contributed by atoms with Crippen molar-refractivity contribution in [2.24, 2.45) is 0 Å². The lowest BCUT2D eigenvalue weighted by Crippen LogP contribution is -2.34. The Labute approximate surface area is 119 Å². The maximum Gasteiger partial charge on any atom is 0.310 e. The standard InChI is InChI=1S/C15H21NO4/c1-4-19-13-7-5-12(6-8-13)9-15(18)20-10-14(17)16-11(2)3/h5-8,11H,4,9-10H2,1-3H3,(H,16,17). The Bertz CT molecular complexity index is 440. The quantitative estimate of drug-likeness (QED) is 0.771. The van der Waals surface area contributed by atoms with Crippen LogP contribution in [0.5, 0.6) is 5.75 Å². The van der Waals surface area contributed by atoms with Gasteiger partial charge in [-0.15, -0.1) is 0 Å². The Kier molecular flexibility index (Phi) is 6.56. The molecule has 0 radical (unpaired) electrons. The topological polar surface area (TPSA) is 64.6 Å². The molecule has 0 aliphatic carbocycles. The summed E-state index contributed by atoms with van der Waals surface area (Å²) in [7, 11) is 0. The first-order chi connectivity index (χ1) is 9.51. The van der Waals surface area contributed by atoms with Crippen molar-refractivity contribution in [2.75, 3.05) is 13.2 Å². The summed E-state index contributed by atoms with van der Waals surface area (Å²) in [6, 6.07) is 7.25. The predicted molar refractivity (Wildman–Crippen MR) is 75.6 cm³/mol. The van der Waals surface area contributed by atoms with Crippen LogP contribution in [0.1, 0.15) is 26.3 Å². The first-order valence-electron chi connectivity index (χ1n) is 6.68. The number of esters is 1. The Morgan fingerprint density at radius 3 is 2.40 bits per heavy atom. The molecule has 0 aliphatic rings. The van der Waals surface area contributed by atoms with E-state index in [2.05, 4.69) is 5.32 Å². The number of ether oxygens (including phenoxy) is 2. The van der Waals surface area contributed by atoms with Gasteiger partial charge in [0.1, 0.15) is 5.75 Å². The van der Waals surface area contributed by atoms with Crippen LogP contribution in [0, 0.1) is 0 Å². The van der Waals surface area contributed by atoms with Crippen LogP contribution >= 0.6 is 0 Å². The molecular formula is C15H21NO4. The highest BCUT2D eigenvalue weighted by Crippen LogP contribution is 2.12. The highest BCUT2D eigenvalue weighted by Gasteiger charge is 2.09. The molecule has 110 valence electrons. The van der Waals surface area contributed by atoms with Crippen molar-refractivity contribution in [1.82, 2.24) is 5.32 Å². The van der Waals surface area contributed by atoms with Crippen molar-refractivity contribution in [2.45, 2.75) is 33.2 Å². The van der Waals surface area contributed by atoms with E-state index in [1.807, 2.05) is 20.8 Å². The molecule has 5 nitrogen and oxygen atoms in total. The molecular weight excluding hydrogens is 258 g/mol. The fraction of sp³-hybridized carbons (Fsp3) is 0.467. The average molecular weight is 279 g/mol. The van der Waals surface area contributed by atoms with Crippen LogP contribution in [0.25, 0.3) is 0 Å². The Hall–Kier alpha value is -2.04. The smallest absolute Gasteiger partial charge is 0.310 e. The summed E-state index contributed by atoms with van der Waals surface area (Å²) in [4.78, 5) is 22.9. The van der Waals surface area contributed by atoms with Gasteiger partial charge in [-0.2, -0.15) is 0 Å². The molecule has 1 rings (SSSR count). The second kappa shape index (κ2) is 8.19. The lowest BCUT2D eigenvalue weighted by atomic mass is 10.1. The maximum atomic E-state index is 11.6. The second-order valence-corrected chi connectivity index (χ2v) is 4.64. The summed E-state index contributed by atoms with van der Waals surface area (Å²) < 4.78 is 10.2. The van der Waals surface area contributed by atoms with Gasteiger partial charge in [-0.1, -0.05) is 12.1 Å². The number of nitrogens with one attached hydrogen (secondary N) is 1. The van der Waals surface area contributed by atoms with Gasteiger partial charge in [0.15, 0.2) is 6.61 Å². The molecule has 0 spiro atoms. The van der Waals surface area contributed by atoms with E-state index in [1.165, 1.54) is 0 Å². The molecule has 0 aliphatic heterocycles. The van der Waals surface area contributed by atoms with Crippen molar-refractivity contribution in [3.8, 4) is 5.75 Å². The van der Waals surface area contributed by atoms with E-state index in [0.29, 0.717) is 6.61 Å². The summed E-state index contributed by atoms with van der Waals surface area (Å²) in [5.74, 6) is 0.0500. The molecule has 0 heterocycles. The zero-order chi connectivity index (χ0) is 15.0. The van der Waals surface area contributed by atoms with Crippen molar-refractivity contribution in [3.63, 3.8) is 0 Å². The fourth-order valence-corrected chi connectivity index (χ4v) is 1.60. The number of carbonyl (C=O) groups is 2. The van der Waals surface area contributed by atoms with Crippen molar-refractivity contribution < 1.29 is 19.1 Å². The van der Waals surface area contributed by atoms with E-state index in [1.54, 1.807) is 24.3 Å². The first kappa shape index (κ1) is 16.0. The van der Waals surface area contributed by atoms with Gasteiger partial charge in [-0.25, -0.2) is 0 Å². The van der Waals surface area contributed by atoms with Gasteiger partial charge < -0.3 is 14.8 Å². The summed E-state index contributed by atoms with van der Waals surface area (Å²) >= 11 is 0. The first-order valence-corrected chi connectivity index (χ1v) is 6.68. The van der Waals surface area contributed by atoms with Crippen LogP contribution in [-0.4, -0.2) is 31.1 Å². The average Bonchev–Trinajstić information content (AvgIpc) is 2.38. The van der Waals surface area contributed by atoms with Crippen LogP contribution in [0.4, 0.5) is 0 Å². The number of rotatable bonds is 7. The fourth-order valence-electron chi connectivity index (χ4n) is 1.60. The molecule has 0 fully saturated rings. The third-order valence-corrected chi connectivity index (χ3v) is 2.40. The number of benzene rings is 1. The minimum absolute atomic E-state index is 0.0345. The third kappa shape index (κ3) is 6.22. The number of amides is 1. The van der Waals surface area contributed by atoms with Gasteiger partial charge in [0.2, 0.25) is 0 Å². The van der Waals surface area contributed by atoms with E-state index in [4.69, 9.17) is 9.47 Å². The van der Waals surface area contributed by atoms with Gasteiger partial charge in [0, 0.05) is 6.04 Å². The number of carbonyl (C=O) groups excluding carboxylic acids is 2. The molecule has 20 heavy (non-hydrogen) atoms. The van der Waals surface area contributed by atoms with Crippen LogP contribution in [0.15, 0.2) is 24.3 Å². The van der Waals surface area contributed by atoms with E-state index >= 15 is 0 Å². The highest BCUT2D eigenvalue weighted by atomic mass is 16.5. The summed E-state index contributed by atoms with van der Waals surface area (Å²) in [5.41, 5.74) is 0.822. The summed E-state index contributed by atoms with van der Waals surface area (Å²) in [6.45, 7) is 5.97. The van der Waals surface area contributed by atoms with E-state index in [9.17, 15) is 9.59 Å². The van der Waals surface area contributed by atoms with Crippen LogP contribution in [0.3, 0.4) is 0 Å². The molecule has 5 heteroatoms. The molecule has 1 N–H and O–H groups in total. The second-order valence-electron chi connectivity index (χ2n) is 4.64. The number of hydrogen-bond donors (Lipinski definition) is 1. The molecule has 0 bridgehead atoms. The Balaban J connectivity index is 2.36. The normalized spacial score (nSPS) is 10.2. The van der Waals surface area contributed by atoms with E-state index < -0.39 is 5.97 Å². The van der Waals surface area contributed by atoms with Crippen molar-refractivity contribution in [1.29, 1.82) is 0 Å². The maximum absolute atomic E-state index is 11.6. The molecule has 0 saturated heterocycles. The molecule has 1 amide bonds. The molecule has 0 saturated carbocycles. The zero-order valence-corrected chi connectivity index (χ0v) is 12.1. The van der Waals surface area contributed by atoms with Crippen LogP contribution < -0.4 is 10.1 Å². The molecule has 0 unspecified atom stereocenters. The van der Waals surface area contributed by atoms with Gasteiger partial charge in [-0.3, -0.25) is 9.59 Å². The zero-order valence-electron chi connectivity index (χ0n) is 12.1. The monoisotopic (exact) mass is 279 g/mol. The molecule has 1 aromatic carbocycles. The van der Waals surface area contributed by atoms with Crippen LogP contribution in [0.2, 0.25) is 0 Å². The van der Waals surface area contributed by atoms with E-state index in [-0.39, 0.29) is 25.0 Å². The summed E-state index contributed by atoms with van der Waals surface area (Å²) in [6.07, 6.45) is 0.140. The summed E-state index contributed by atoms with van der Waals surface area (Å²) in [5, 5.41) is 2.65. The van der Waals surface area contributed by atoms with Crippen LogP contribution in [-0.2, 0) is 20.7 Å². The molecule has 1 aromatic rings. The number of hydrogen-bond acceptors (Lipinski definition) is 4. The minimum Gasteiger partial charge on any atom is -0.494 e. The van der Waals surface area contributed by atoms with Gasteiger partial charge in [0.25, 0.3) is 5.91 Å². The molecule has 0 aromatic heterocycles. The lowest BCUT2D eigenvalue weighted by Gasteiger charge is -2.09. The Morgan fingerprint density at radius 1 is 1.20 bits per heavy atom. The Morgan fingerprint density at radius 2 is 1.85 bits per heavy atom. The lowest BCUT2D eigenvalue weighted by molar-refractivity contribution is -0.148. The predicted octanol–water partition coefficient (Wildman–Crippen LogP) is 1.70. The van der Waals surface area contributed by atoms with Gasteiger partial charge in [0.05, 0.1) is 13.0 Å². The molecule has 0 atom stereocenters. The van der Waals surface area contributed by atoms with Crippen molar-refractivity contribution in [3.05, 3.63) is 29.8 Å². The van der Waals surface area contributed by atoms with Gasteiger partial charge in [-0.05, 0) is 38.5 Å². The van der Waals surface area contributed by atoms with Gasteiger partial charge >= 0.3 is 5.97 Å². The van der Waals surface area contributed by atoms with Crippen molar-refractivity contribution >= 4 is 11.9 Å².